The lowest BCUT2D eigenvalue weighted by Crippen LogP contribution is -2.41. The normalized spacial score (nSPS) is 11.9. The van der Waals surface area contributed by atoms with Crippen molar-refractivity contribution in [3.05, 3.63) is 68.8 Å². The third-order valence-electron chi connectivity index (χ3n) is 3.97. The Kier molecular flexibility index (Phi) is 9.26. The summed E-state index contributed by atoms with van der Waals surface area (Å²) in [5.41, 5.74) is -0.302. The number of benzene rings is 2. The van der Waals surface area contributed by atoms with Gasteiger partial charge >= 0.3 is 0 Å². The molecule has 0 aliphatic heterocycles. The van der Waals surface area contributed by atoms with Crippen LogP contribution >= 0.6 is 10.7 Å². The zero-order valence-electron chi connectivity index (χ0n) is 17.6. The first-order chi connectivity index (χ1) is 14.6. The van der Waals surface area contributed by atoms with Crippen LogP contribution in [0.4, 0.5) is 11.4 Å². The second-order valence-corrected chi connectivity index (χ2v) is 11.4. The van der Waals surface area contributed by atoms with Gasteiger partial charge in [0.1, 0.15) is 0 Å². The fraction of sp³-hybridized carbons (Fsp3) is 0.333. The molecule has 0 amide bonds. The fourth-order valence-corrected chi connectivity index (χ4v) is 5.35. The van der Waals surface area contributed by atoms with Crippen molar-refractivity contribution >= 4 is 41.1 Å². The third-order valence-corrected chi connectivity index (χ3v) is 7.61. The zero-order chi connectivity index (χ0) is 24.9. The number of rotatable bonds is 7. The molecule has 2 aromatic carbocycles. The van der Waals surface area contributed by atoms with E-state index in [9.17, 15) is 37.1 Å². The van der Waals surface area contributed by atoms with Crippen LogP contribution in [0.2, 0.25) is 0 Å². The summed E-state index contributed by atoms with van der Waals surface area (Å²) >= 11 is 0. The third kappa shape index (κ3) is 7.22. The van der Waals surface area contributed by atoms with Crippen LogP contribution in [0.15, 0.2) is 58.3 Å². The monoisotopic (exact) mass is 507 g/mol. The van der Waals surface area contributed by atoms with E-state index in [1.54, 1.807) is 27.7 Å². The molecular weight excluding hydrogens is 486 g/mol. The summed E-state index contributed by atoms with van der Waals surface area (Å²) in [6, 6.07) is 8.90. The largest absolute Gasteiger partial charge is 0.269 e. The Labute approximate surface area is 190 Å². The Morgan fingerprint density at radius 2 is 1.03 bits per heavy atom. The second kappa shape index (κ2) is 10.8. The maximum absolute atomic E-state index is 12.5. The number of nitro groups is 2. The van der Waals surface area contributed by atoms with Crippen LogP contribution in [0.3, 0.4) is 0 Å². The van der Waals surface area contributed by atoms with Gasteiger partial charge in [-0.25, -0.2) is 16.8 Å². The minimum absolute atomic E-state index is 0.0699. The minimum Gasteiger partial charge on any atom is -0.258 e. The van der Waals surface area contributed by atoms with Gasteiger partial charge in [-0.2, -0.15) is 4.31 Å². The first-order valence-corrected chi connectivity index (χ1v) is 12.8. The van der Waals surface area contributed by atoms with Gasteiger partial charge in [0.05, 0.1) is 19.6 Å². The van der Waals surface area contributed by atoms with E-state index in [1.807, 2.05) is 0 Å². The molecule has 0 unspecified atom stereocenters. The lowest BCUT2D eigenvalue weighted by Gasteiger charge is -2.29. The van der Waals surface area contributed by atoms with Gasteiger partial charge in [0.2, 0.25) is 10.0 Å². The fourth-order valence-electron chi connectivity index (χ4n) is 2.74. The Bertz CT molecular complexity index is 1160. The summed E-state index contributed by atoms with van der Waals surface area (Å²) in [6.07, 6.45) is 0. The van der Waals surface area contributed by atoms with Crippen molar-refractivity contribution in [2.75, 3.05) is 0 Å². The van der Waals surface area contributed by atoms with E-state index in [4.69, 9.17) is 10.7 Å². The van der Waals surface area contributed by atoms with Gasteiger partial charge in [0.25, 0.3) is 20.4 Å². The number of halogens is 1. The minimum atomic E-state index is -3.80. The van der Waals surface area contributed by atoms with Crippen molar-refractivity contribution in [1.29, 1.82) is 0 Å². The predicted octanol–water partition coefficient (Wildman–Crippen LogP) is 3.92. The molecule has 0 aromatic heterocycles. The summed E-state index contributed by atoms with van der Waals surface area (Å²) in [5.74, 6) is 0. The molecule has 2 aromatic rings. The number of sulfonamides is 1. The molecule has 0 N–H and O–H groups in total. The van der Waals surface area contributed by atoms with Crippen molar-refractivity contribution in [1.82, 2.24) is 4.31 Å². The average molecular weight is 508 g/mol. The van der Waals surface area contributed by atoms with Gasteiger partial charge in [-0.1, -0.05) is 0 Å². The lowest BCUT2D eigenvalue weighted by atomic mass is 10.3. The van der Waals surface area contributed by atoms with Gasteiger partial charge in [0, 0.05) is 47.0 Å². The van der Waals surface area contributed by atoms with Gasteiger partial charge in [0.15, 0.2) is 0 Å². The van der Waals surface area contributed by atoms with Gasteiger partial charge in [-0.15, -0.1) is 0 Å². The molecule has 0 aliphatic carbocycles. The molecule has 11 nitrogen and oxygen atoms in total. The molecular formula is C18H22ClN3O8S2. The molecule has 0 radical (unpaired) electrons. The molecule has 0 saturated carbocycles. The molecule has 0 bridgehead atoms. The van der Waals surface area contributed by atoms with Gasteiger partial charge in [-0.3, -0.25) is 20.2 Å². The van der Waals surface area contributed by atoms with Crippen LogP contribution in [-0.2, 0) is 19.1 Å². The highest BCUT2D eigenvalue weighted by molar-refractivity contribution is 8.13. The molecule has 0 saturated heterocycles. The van der Waals surface area contributed by atoms with E-state index in [1.165, 1.54) is 28.6 Å². The Hall–Kier alpha value is -2.61. The number of nitro benzene ring substituents is 2. The van der Waals surface area contributed by atoms with E-state index in [-0.39, 0.29) is 33.2 Å². The molecule has 32 heavy (non-hydrogen) atoms. The summed E-state index contributed by atoms with van der Waals surface area (Å²) in [5, 5.41) is 20.7. The van der Waals surface area contributed by atoms with Gasteiger partial charge in [-0.05, 0) is 52.0 Å². The van der Waals surface area contributed by atoms with Crippen molar-refractivity contribution < 1.29 is 26.7 Å². The van der Waals surface area contributed by atoms with Crippen molar-refractivity contribution in [2.24, 2.45) is 0 Å². The van der Waals surface area contributed by atoms with E-state index in [0.717, 1.165) is 24.3 Å². The number of non-ortho nitro benzene ring substituents is 2. The molecule has 0 heterocycles. The SMILES string of the molecule is CC(C)N(C(C)C)S(=O)(=O)c1ccc([N+](=O)[O-])cc1.O=[N+]([O-])c1ccc(S(=O)(=O)Cl)cc1. The molecule has 0 aliphatic rings. The molecule has 176 valence electrons. The molecule has 0 spiro atoms. The maximum atomic E-state index is 12.5. The van der Waals surface area contributed by atoms with E-state index >= 15 is 0 Å². The number of nitrogens with zero attached hydrogens (tertiary/aromatic N) is 3. The van der Waals surface area contributed by atoms with Gasteiger partial charge < -0.3 is 0 Å². The predicted molar refractivity (Wildman–Crippen MR) is 119 cm³/mol. The van der Waals surface area contributed by atoms with E-state index < -0.39 is 28.9 Å². The van der Waals surface area contributed by atoms with Crippen LogP contribution in [0, 0.1) is 20.2 Å². The number of hydrogen-bond donors (Lipinski definition) is 0. The quantitative estimate of drug-likeness (QED) is 0.309. The topological polar surface area (TPSA) is 158 Å². The highest BCUT2D eigenvalue weighted by atomic mass is 35.7. The van der Waals surface area contributed by atoms with E-state index in [0.29, 0.717) is 0 Å². The summed E-state index contributed by atoms with van der Waals surface area (Å²) in [7, 11) is -2.43. The first-order valence-electron chi connectivity index (χ1n) is 9.06. The second-order valence-electron chi connectivity index (χ2n) is 6.96. The van der Waals surface area contributed by atoms with Crippen molar-refractivity contribution in [3.8, 4) is 0 Å². The molecule has 0 atom stereocenters. The lowest BCUT2D eigenvalue weighted by molar-refractivity contribution is -0.385. The first kappa shape index (κ1) is 27.4. The highest BCUT2D eigenvalue weighted by Crippen LogP contribution is 2.23. The Morgan fingerprint density at radius 1 is 0.719 bits per heavy atom. The molecule has 14 heteroatoms. The van der Waals surface area contributed by atoms with Crippen molar-refractivity contribution in [2.45, 2.75) is 49.6 Å². The zero-order valence-corrected chi connectivity index (χ0v) is 20.0. The van der Waals surface area contributed by atoms with Crippen LogP contribution in [-0.4, -0.2) is 43.1 Å². The van der Waals surface area contributed by atoms with Crippen LogP contribution < -0.4 is 0 Å². The van der Waals surface area contributed by atoms with Crippen LogP contribution in [0.5, 0.6) is 0 Å². The smallest absolute Gasteiger partial charge is 0.258 e. The van der Waals surface area contributed by atoms with E-state index in [2.05, 4.69) is 0 Å². The maximum Gasteiger partial charge on any atom is 0.269 e. The standard InChI is InChI=1S/C12H18N2O4S.C6H4ClNO4S/c1-9(2)13(10(3)4)19(17,18)12-7-5-11(6-8-12)14(15)16;7-13(11,12)6-3-1-5(2-4-6)8(9)10/h5-10H,1-4H3;1-4H. The highest BCUT2D eigenvalue weighted by Gasteiger charge is 2.29. The van der Waals surface area contributed by atoms with Crippen LogP contribution in [0.25, 0.3) is 0 Å². The molecule has 0 fully saturated rings. The molecule has 2 rings (SSSR count). The summed E-state index contributed by atoms with van der Waals surface area (Å²) < 4.78 is 47.7. The Morgan fingerprint density at radius 3 is 1.28 bits per heavy atom. The summed E-state index contributed by atoms with van der Waals surface area (Å²) in [4.78, 5) is 19.5. The summed E-state index contributed by atoms with van der Waals surface area (Å²) in [6.45, 7) is 7.18. The number of hydrogen-bond acceptors (Lipinski definition) is 8. The average Bonchev–Trinajstić information content (AvgIpc) is 2.67. The van der Waals surface area contributed by atoms with Crippen molar-refractivity contribution in [3.63, 3.8) is 0 Å². The Balaban J connectivity index is 0.000000343. The van der Waals surface area contributed by atoms with Crippen LogP contribution in [0.1, 0.15) is 27.7 Å².